The summed E-state index contributed by atoms with van der Waals surface area (Å²) in [6.07, 6.45) is 5.15. The molecule has 0 aromatic heterocycles. The van der Waals surface area contributed by atoms with Crippen LogP contribution in [0, 0.1) is 11.8 Å². The smallest absolute Gasteiger partial charge is 0.319 e. The highest BCUT2D eigenvalue weighted by molar-refractivity contribution is 5.89. The van der Waals surface area contributed by atoms with Gasteiger partial charge < -0.3 is 10.6 Å². The van der Waals surface area contributed by atoms with E-state index in [4.69, 9.17) is 0 Å². The quantitative estimate of drug-likeness (QED) is 0.805. The molecule has 3 nitrogen and oxygen atoms in total. The monoisotopic (exact) mass is 230 g/mol. The number of fused-ring (bicyclic) bond motifs is 2. The molecule has 3 unspecified atom stereocenters. The predicted octanol–water partition coefficient (Wildman–Crippen LogP) is 3.00. The van der Waals surface area contributed by atoms with Crippen LogP contribution in [0.5, 0.6) is 0 Å². The van der Waals surface area contributed by atoms with E-state index >= 15 is 0 Å². The maximum atomic E-state index is 11.8. The third kappa shape index (κ3) is 2.28. The van der Waals surface area contributed by atoms with Crippen LogP contribution in [0.4, 0.5) is 10.5 Å². The molecule has 2 N–H and O–H groups in total. The third-order valence-corrected chi connectivity index (χ3v) is 4.09. The van der Waals surface area contributed by atoms with Crippen molar-refractivity contribution in [3.8, 4) is 0 Å². The average Bonchev–Trinajstić information content (AvgIpc) is 2.92. The van der Waals surface area contributed by atoms with Gasteiger partial charge in [-0.3, -0.25) is 0 Å². The van der Waals surface area contributed by atoms with Crippen LogP contribution in [-0.4, -0.2) is 12.1 Å². The molecule has 2 fully saturated rings. The molecular weight excluding hydrogens is 212 g/mol. The summed E-state index contributed by atoms with van der Waals surface area (Å²) in [5.74, 6) is 1.59. The first-order valence-electron chi connectivity index (χ1n) is 6.44. The summed E-state index contributed by atoms with van der Waals surface area (Å²) in [7, 11) is 0. The fourth-order valence-corrected chi connectivity index (χ4v) is 3.28. The molecule has 0 saturated heterocycles. The van der Waals surface area contributed by atoms with Crippen LogP contribution in [0.15, 0.2) is 30.3 Å². The molecule has 3 atom stereocenters. The first-order chi connectivity index (χ1) is 8.31. The van der Waals surface area contributed by atoms with Crippen LogP contribution in [0.1, 0.15) is 25.7 Å². The number of nitrogens with one attached hydrogen (secondary N) is 2. The Morgan fingerprint density at radius 2 is 1.94 bits per heavy atom. The van der Waals surface area contributed by atoms with Crippen LogP contribution in [0.25, 0.3) is 0 Å². The summed E-state index contributed by atoms with van der Waals surface area (Å²) in [6.45, 7) is 0. The van der Waals surface area contributed by atoms with Gasteiger partial charge in [0.1, 0.15) is 0 Å². The van der Waals surface area contributed by atoms with Gasteiger partial charge in [0, 0.05) is 11.7 Å². The summed E-state index contributed by atoms with van der Waals surface area (Å²) in [5, 5.41) is 5.99. The second-order valence-corrected chi connectivity index (χ2v) is 5.25. The van der Waals surface area contributed by atoms with Gasteiger partial charge in [0.05, 0.1) is 0 Å². The number of para-hydroxylation sites is 1. The second kappa shape index (κ2) is 4.40. The van der Waals surface area contributed by atoms with Crippen molar-refractivity contribution < 1.29 is 4.79 Å². The maximum Gasteiger partial charge on any atom is 0.319 e. The van der Waals surface area contributed by atoms with Crippen molar-refractivity contribution in [1.82, 2.24) is 5.32 Å². The molecule has 17 heavy (non-hydrogen) atoms. The number of hydrogen-bond acceptors (Lipinski definition) is 1. The zero-order valence-electron chi connectivity index (χ0n) is 9.86. The van der Waals surface area contributed by atoms with E-state index in [1.165, 1.54) is 25.7 Å². The van der Waals surface area contributed by atoms with Crippen molar-refractivity contribution in [2.75, 3.05) is 5.32 Å². The lowest BCUT2D eigenvalue weighted by Gasteiger charge is -2.22. The largest absolute Gasteiger partial charge is 0.335 e. The van der Waals surface area contributed by atoms with Gasteiger partial charge in [-0.25, -0.2) is 4.79 Å². The summed E-state index contributed by atoms with van der Waals surface area (Å²) in [6, 6.07) is 9.94. The number of anilines is 1. The Kier molecular flexibility index (Phi) is 2.75. The molecular formula is C14H18N2O. The van der Waals surface area contributed by atoms with Crippen LogP contribution in [-0.2, 0) is 0 Å². The molecule has 2 aliphatic rings. The van der Waals surface area contributed by atoms with E-state index in [2.05, 4.69) is 10.6 Å². The van der Waals surface area contributed by atoms with Gasteiger partial charge in [0.25, 0.3) is 0 Å². The normalized spacial score (nSPS) is 30.2. The zero-order valence-corrected chi connectivity index (χ0v) is 9.86. The standard InChI is InChI=1S/C14H18N2O/c17-14(15-12-4-2-1-3-5-12)16-13-9-10-6-7-11(13)8-10/h1-5,10-11,13H,6-9H2,(H2,15,16,17). The van der Waals surface area contributed by atoms with Gasteiger partial charge in [0.2, 0.25) is 0 Å². The Bertz CT molecular complexity index is 404. The number of rotatable bonds is 2. The summed E-state index contributed by atoms with van der Waals surface area (Å²) >= 11 is 0. The fraction of sp³-hybridized carbons (Fsp3) is 0.500. The predicted molar refractivity (Wildman–Crippen MR) is 67.8 cm³/mol. The molecule has 2 aliphatic carbocycles. The van der Waals surface area contributed by atoms with Gasteiger partial charge in [0.15, 0.2) is 0 Å². The van der Waals surface area contributed by atoms with Crippen molar-refractivity contribution in [2.45, 2.75) is 31.7 Å². The highest BCUT2D eigenvalue weighted by Crippen LogP contribution is 2.44. The molecule has 3 rings (SSSR count). The van der Waals surface area contributed by atoms with Crippen LogP contribution >= 0.6 is 0 Å². The highest BCUT2D eigenvalue weighted by atomic mass is 16.2. The molecule has 2 bridgehead atoms. The van der Waals surface area contributed by atoms with E-state index in [1.807, 2.05) is 30.3 Å². The van der Waals surface area contributed by atoms with Crippen molar-refractivity contribution in [3.63, 3.8) is 0 Å². The SMILES string of the molecule is O=C(Nc1ccccc1)NC1CC2CCC1C2. The van der Waals surface area contributed by atoms with Crippen LogP contribution in [0.2, 0.25) is 0 Å². The molecule has 2 amide bonds. The lowest BCUT2D eigenvalue weighted by Crippen LogP contribution is -2.40. The van der Waals surface area contributed by atoms with E-state index in [0.717, 1.165) is 17.5 Å². The molecule has 3 heteroatoms. The number of urea groups is 1. The summed E-state index contributed by atoms with van der Waals surface area (Å²) in [4.78, 5) is 11.8. The molecule has 2 saturated carbocycles. The fourth-order valence-electron chi connectivity index (χ4n) is 3.28. The van der Waals surface area contributed by atoms with Gasteiger partial charge in [-0.2, -0.15) is 0 Å². The maximum absolute atomic E-state index is 11.8. The molecule has 1 aromatic rings. The first-order valence-corrected chi connectivity index (χ1v) is 6.44. The van der Waals surface area contributed by atoms with Crippen molar-refractivity contribution >= 4 is 11.7 Å². The van der Waals surface area contributed by atoms with E-state index in [-0.39, 0.29) is 6.03 Å². The summed E-state index contributed by atoms with van der Waals surface area (Å²) < 4.78 is 0. The first kappa shape index (κ1) is 10.6. The molecule has 0 radical (unpaired) electrons. The molecule has 0 aliphatic heterocycles. The molecule has 0 spiro atoms. The average molecular weight is 230 g/mol. The van der Waals surface area contributed by atoms with E-state index < -0.39 is 0 Å². The molecule has 1 aromatic carbocycles. The minimum Gasteiger partial charge on any atom is -0.335 e. The highest BCUT2D eigenvalue weighted by Gasteiger charge is 2.40. The molecule has 90 valence electrons. The van der Waals surface area contributed by atoms with Crippen molar-refractivity contribution in [3.05, 3.63) is 30.3 Å². The number of amides is 2. The second-order valence-electron chi connectivity index (χ2n) is 5.25. The molecule has 0 heterocycles. The van der Waals surface area contributed by atoms with Crippen LogP contribution < -0.4 is 10.6 Å². The van der Waals surface area contributed by atoms with Crippen molar-refractivity contribution in [2.24, 2.45) is 11.8 Å². The Morgan fingerprint density at radius 3 is 2.59 bits per heavy atom. The van der Waals surface area contributed by atoms with E-state index in [9.17, 15) is 4.79 Å². The Hall–Kier alpha value is -1.51. The topological polar surface area (TPSA) is 41.1 Å². The van der Waals surface area contributed by atoms with Crippen LogP contribution in [0.3, 0.4) is 0 Å². The number of hydrogen-bond donors (Lipinski definition) is 2. The minimum atomic E-state index is -0.0613. The lowest BCUT2D eigenvalue weighted by atomic mass is 9.95. The van der Waals surface area contributed by atoms with Gasteiger partial charge in [-0.1, -0.05) is 24.6 Å². The van der Waals surface area contributed by atoms with Crippen molar-refractivity contribution in [1.29, 1.82) is 0 Å². The number of carbonyl (C=O) groups excluding carboxylic acids is 1. The van der Waals surface area contributed by atoms with E-state index in [1.54, 1.807) is 0 Å². The van der Waals surface area contributed by atoms with Gasteiger partial charge >= 0.3 is 6.03 Å². The van der Waals surface area contributed by atoms with E-state index in [0.29, 0.717) is 6.04 Å². The number of carbonyl (C=O) groups is 1. The Morgan fingerprint density at radius 1 is 1.12 bits per heavy atom. The van der Waals surface area contributed by atoms with Gasteiger partial charge in [-0.15, -0.1) is 0 Å². The minimum absolute atomic E-state index is 0.0613. The lowest BCUT2D eigenvalue weighted by molar-refractivity contribution is 0.242. The Labute approximate surface area is 102 Å². The van der Waals surface area contributed by atoms with Gasteiger partial charge in [-0.05, 0) is 43.2 Å². The number of benzene rings is 1. The Balaban J connectivity index is 1.54. The summed E-state index contributed by atoms with van der Waals surface area (Å²) in [5.41, 5.74) is 0.855. The zero-order chi connectivity index (χ0) is 11.7. The third-order valence-electron chi connectivity index (χ3n) is 4.09.